The van der Waals surface area contributed by atoms with Crippen molar-refractivity contribution in [3.8, 4) is 5.75 Å². The van der Waals surface area contributed by atoms with Crippen molar-refractivity contribution in [1.82, 2.24) is 0 Å². The highest BCUT2D eigenvalue weighted by Gasteiger charge is 2.10. The van der Waals surface area contributed by atoms with Gasteiger partial charge in [0.25, 0.3) is 0 Å². The van der Waals surface area contributed by atoms with Gasteiger partial charge in [-0.15, -0.1) is 0 Å². The van der Waals surface area contributed by atoms with Gasteiger partial charge in [0.2, 0.25) is 0 Å². The fraction of sp³-hybridized carbons (Fsp3) is 0.182. The van der Waals surface area contributed by atoms with Crippen molar-refractivity contribution >= 4 is 0 Å². The molecule has 0 fully saturated rings. The van der Waals surface area contributed by atoms with E-state index in [1.807, 2.05) is 18.2 Å². The van der Waals surface area contributed by atoms with Crippen LogP contribution in [-0.2, 0) is 25.7 Å². The summed E-state index contributed by atoms with van der Waals surface area (Å²) in [5.74, 6) is 6.28. The molecule has 0 aliphatic heterocycles. The molecule has 24 heavy (non-hydrogen) atoms. The molecule has 122 valence electrons. The summed E-state index contributed by atoms with van der Waals surface area (Å²) < 4.78 is 0. The second kappa shape index (κ2) is 8.32. The Morgan fingerprint density at radius 2 is 1.17 bits per heavy atom. The van der Waals surface area contributed by atoms with E-state index in [0.717, 1.165) is 31.4 Å². The van der Waals surface area contributed by atoms with Gasteiger partial charge in [0.15, 0.2) is 0 Å². The Kier molecular flexibility index (Phi) is 5.65. The predicted molar refractivity (Wildman–Crippen MR) is 99.0 cm³/mol. The zero-order valence-corrected chi connectivity index (χ0v) is 13.8. The molecule has 3 rings (SSSR count). The van der Waals surface area contributed by atoms with Crippen molar-refractivity contribution in [3.63, 3.8) is 0 Å². The first-order chi connectivity index (χ1) is 11.9. The first kappa shape index (κ1) is 16.3. The smallest absolute Gasteiger partial charge is 0.150 e. The van der Waals surface area contributed by atoms with E-state index in [9.17, 15) is 0 Å². The lowest BCUT2D eigenvalue weighted by Gasteiger charge is -2.14. The molecule has 0 heterocycles. The molecule has 2 N–H and O–H groups in total. The summed E-state index contributed by atoms with van der Waals surface area (Å²) in [5.41, 5.74) is 5.22. The Hall–Kier alpha value is -2.58. The number of nitrogens with two attached hydrogens (primary N) is 1. The summed E-state index contributed by atoms with van der Waals surface area (Å²) in [4.78, 5) is 5.13. The molecule has 0 aliphatic carbocycles. The SMILES string of the molecule is NOc1cccc(CCc2ccccc2)c1CCc1ccccc1. The third kappa shape index (κ3) is 4.24. The molecule has 0 radical (unpaired) electrons. The van der Waals surface area contributed by atoms with Crippen LogP contribution in [0.5, 0.6) is 5.75 Å². The number of hydrogen-bond acceptors (Lipinski definition) is 2. The van der Waals surface area contributed by atoms with Crippen LogP contribution in [0, 0.1) is 0 Å². The second-order valence-electron chi connectivity index (χ2n) is 5.98. The first-order valence-electron chi connectivity index (χ1n) is 8.42. The minimum atomic E-state index is 0.788. The summed E-state index contributed by atoms with van der Waals surface area (Å²) >= 11 is 0. The van der Waals surface area contributed by atoms with Crippen LogP contribution in [0.2, 0.25) is 0 Å². The topological polar surface area (TPSA) is 35.2 Å². The maximum absolute atomic E-state index is 5.50. The van der Waals surface area contributed by atoms with Crippen molar-refractivity contribution in [2.24, 2.45) is 5.90 Å². The van der Waals surface area contributed by atoms with Crippen LogP contribution in [0.25, 0.3) is 0 Å². The lowest BCUT2D eigenvalue weighted by atomic mass is 9.95. The Morgan fingerprint density at radius 3 is 1.75 bits per heavy atom. The molecule has 2 nitrogen and oxygen atoms in total. The van der Waals surface area contributed by atoms with Crippen LogP contribution in [0.4, 0.5) is 0 Å². The molecule has 0 spiro atoms. The molecule has 0 atom stereocenters. The molecule has 0 amide bonds. The number of rotatable bonds is 7. The molecule has 0 aromatic heterocycles. The lowest BCUT2D eigenvalue weighted by Crippen LogP contribution is -2.08. The highest BCUT2D eigenvalue weighted by atomic mass is 16.6. The van der Waals surface area contributed by atoms with Gasteiger partial charge in [0.05, 0.1) is 0 Å². The van der Waals surface area contributed by atoms with Crippen LogP contribution in [0.3, 0.4) is 0 Å². The standard InChI is InChI=1S/C22H23NO/c23-24-22-13-7-12-20(16-14-18-8-3-1-4-9-18)21(22)17-15-19-10-5-2-6-11-19/h1-13H,14-17,23H2. The van der Waals surface area contributed by atoms with Gasteiger partial charge < -0.3 is 4.84 Å². The van der Waals surface area contributed by atoms with Gasteiger partial charge in [-0.25, -0.2) is 0 Å². The Bertz CT molecular complexity index is 753. The van der Waals surface area contributed by atoms with E-state index in [1.165, 1.54) is 22.3 Å². The van der Waals surface area contributed by atoms with E-state index in [0.29, 0.717) is 0 Å². The monoisotopic (exact) mass is 317 g/mol. The highest BCUT2D eigenvalue weighted by Crippen LogP contribution is 2.25. The summed E-state index contributed by atoms with van der Waals surface area (Å²) in [6, 6.07) is 27.3. The van der Waals surface area contributed by atoms with E-state index >= 15 is 0 Å². The molecule has 3 aromatic carbocycles. The molecule has 2 heteroatoms. The summed E-state index contributed by atoms with van der Waals surface area (Å²) in [6.45, 7) is 0. The molecule has 0 bridgehead atoms. The average Bonchev–Trinajstić information content (AvgIpc) is 2.66. The first-order valence-corrected chi connectivity index (χ1v) is 8.42. The number of benzene rings is 3. The molecule has 0 unspecified atom stereocenters. The summed E-state index contributed by atoms with van der Waals surface area (Å²) in [7, 11) is 0. The lowest BCUT2D eigenvalue weighted by molar-refractivity contribution is 0.330. The quantitative estimate of drug-likeness (QED) is 0.651. The van der Waals surface area contributed by atoms with Gasteiger partial charge in [-0.3, -0.25) is 0 Å². The Labute approximate surface area is 143 Å². The minimum Gasteiger partial charge on any atom is -0.411 e. The molecule has 0 saturated carbocycles. The van der Waals surface area contributed by atoms with Gasteiger partial charge in [-0.05, 0) is 48.4 Å². The van der Waals surface area contributed by atoms with Gasteiger partial charge >= 0.3 is 0 Å². The normalized spacial score (nSPS) is 10.5. The van der Waals surface area contributed by atoms with Crippen molar-refractivity contribution in [2.45, 2.75) is 25.7 Å². The van der Waals surface area contributed by atoms with Crippen LogP contribution < -0.4 is 10.7 Å². The van der Waals surface area contributed by atoms with Crippen LogP contribution in [0.1, 0.15) is 22.3 Å². The van der Waals surface area contributed by atoms with Gasteiger partial charge in [0, 0.05) is 5.56 Å². The third-order valence-electron chi connectivity index (χ3n) is 4.39. The summed E-state index contributed by atoms with van der Waals surface area (Å²) in [6.07, 6.45) is 3.93. The van der Waals surface area contributed by atoms with E-state index in [-0.39, 0.29) is 0 Å². The fourth-order valence-corrected chi connectivity index (χ4v) is 3.08. The molecule has 3 aromatic rings. The predicted octanol–water partition coefficient (Wildman–Crippen LogP) is 4.51. The molecular formula is C22H23NO. The minimum absolute atomic E-state index is 0.788. The Balaban J connectivity index is 1.75. The van der Waals surface area contributed by atoms with E-state index < -0.39 is 0 Å². The highest BCUT2D eigenvalue weighted by molar-refractivity contribution is 5.41. The zero-order chi connectivity index (χ0) is 16.6. The van der Waals surface area contributed by atoms with Gasteiger partial charge in [0.1, 0.15) is 5.75 Å². The molecular weight excluding hydrogens is 294 g/mol. The van der Waals surface area contributed by atoms with Crippen molar-refractivity contribution in [3.05, 3.63) is 101 Å². The zero-order valence-electron chi connectivity index (χ0n) is 13.8. The maximum atomic E-state index is 5.50. The van der Waals surface area contributed by atoms with Gasteiger partial charge in [-0.1, -0.05) is 72.8 Å². The number of aryl methyl sites for hydroxylation is 3. The van der Waals surface area contributed by atoms with Crippen LogP contribution >= 0.6 is 0 Å². The van der Waals surface area contributed by atoms with Crippen molar-refractivity contribution in [2.75, 3.05) is 0 Å². The van der Waals surface area contributed by atoms with Gasteiger partial charge in [-0.2, -0.15) is 5.90 Å². The molecule has 0 aliphatic rings. The van der Waals surface area contributed by atoms with E-state index in [1.54, 1.807) is 0 Å². The van der Waals surface area contributed by atoms with Crippen LogP contribution in [-0.4, -0.2) is 0 Å². The van der Waals surface area contributed by atoms with Crippen molar-refractivity contribution in [1.29, 1.82) is 0 Å². The van der Waals surface area contributed by atoms with Crippen molar-refractivity contribution < 1.29 is 4.84 Å². The Morgan fingerprint density at radius 1 is 0.583 bits per heavy atom. The summed E-state index contributed by atoms with van der Waals surface area (Å²) in [5, 5.41) is 0. The number of hydrogen-bond donors (Lipinski definition) is 1. The maximum Gasteiger partial charge on any atom is 0.150 e. The van der Waals surface area contributed by atoms with Crippen LogP contribution in [0.15, 0.2) is 78.9 Å². The van der Waals surface area contributed by atoms with E-state index in [4.69, 9.17) is 10.7 Å². The largest absolute Gasteiger partial charge is 0.411 e. The third-order valence-corrected chi connectivity index (χ3v) is 4.39. The molecule has 0 saturated heterocycles. The fourth-order valence-electron chi connectivity index (χ4n) is 3.08. The average molecular weight is 317 g/mol. The van der Waals surface area contributed by atoms with E-state index in [2.05, 4.69) is 60.7 Å². The second-order valence-corrected chi connectivity index (χ2v) is 5.98.